The van der Waals surface area contributed by atoms with Crippen LogP contribution >= 0.6 is 0 Å². The molecule has 0 aliphatic heterocycles. The molecule has 1 aromatic heterocycles. The summed E-state index contributed by atoms with van der Waals surface area (Å²) < 4.78 is 13.1. The fraction of sp³-hybridized carbons (Fsp3) is 0.0455. The van der Waals surface area contributed by atoms with E-state index in [-0.39, 0.29) is 11.2 Å². The summed E-state index contributed by atoms with van der Waals surface area (Å²) in [6.07, 6.45) is 0. The number of aromatic nitrogens is 1. The molecule has 0 amide bonds. The first-order chi connectivity index (χ1) is 12.1. The molecule has 0 fully saturated rings. The number of hydrogen-bond acceptors (Lipinski definition) is 1. The van der Waals surface area contributed by atoms with E-state index in [4.69, 9.17) is 0 Å². The van der Waals surface area contributed by atoms with E-state index in [1.807, 2.05) is 55.5 Å². The molecule has 0 atom stereocenters. The Morgan fingerprint density at radius 2 is 1.48 bits per heavy atom. The van der Waals surface area contributed by atoms with Crippen LogP contribution in [0, 0.1) is 12.7 Å². The fourth-order valence-corrected chi connectivity index (χ4v) is 3.18. The molecule has 4 rings (SSSR count). The fourth-order valence-electron chi connectivity index (χ4n) is 3.18. The minimum atomic E-state index is -0.274. The first kappa shape index (κ1) is 15.3. The molecule has 0 bridgehead atoms. The molecule has 0 radical (unpaired) electrons. The molecule has 4 aromatic rings. The van der Waals surface area contributed by atoms with Gasteiger partial charge < -0.3 is 4.98 Å². The first-order valence-electron chi connectivity index (χ1n) is 8.11. The highest BCUT2D eigenvalue weighted by Gasteiger charge is 2.12. The molecular formula is C22H16FNO. The molecule has 0 saturated carbocycles. The van der Waals surface area contributed by atoms with E-state index in [2.05, 4.69) is 4.98 Å². The second-order valence-corrected chi connectivity index (χ2v) is 6.09. The highest BCUT2D eigenvalue weighted by atomic mass is 19.1. The average molecular weight is 329 g/mol. The van der Waals surface area contributed by atoms with Crippen molar-refractivity contribution in [3.63, 3.8) is 0 Å². The number of benzene rings is 3. The maximum absolute atomic E-state index is 13.1. The highest BCUT2D eigenvalue weighted by Crippen LogP contribution is 2.26. The number of fused-ring (bicyclic) bond motifs is 1. The Morgan fingerprint density at radius 3 is 2.20 bits per heavy atom. The van der Waals surface area contributed by atoms with Gasteiger partial charge in [0.1, 0.15) is 5.82 Å². The minimum Gasteiger partial charge on any atom is -0.358 e. The van der Waals surface area contributed by atoms with Crippen LogP contribution in [0.3, 0.4) is 0 Å². The summed E-state index contributed by atoms with van der Waals surface area (Å²) >= 11 is 0. The zero-order valence-electron chi connectivity index (χ0n) is 13.7. The number of nitrogens with one attached hydrogen (secondary N) is 1. The number of H-pyrrole nitrogens is 1. The molecule has 0 aliphatic carbocycles. The van der Waals surface area contributed by atoms with Crippen molar-refractivity contribution in [2.45, 2.75) is 6.92 Å². The van der Waals surface area contributed by atoms with Crippen molar-refractivity contribution in [2.24, 2.45) is 0 Å². The molecule has 0 spiro atoms. The molecule has 3 heteroatoms. The largest absolute Gasteiger partial charge is 0.358 e. The summed E-state index contributed by atoms with van der Waals surface area (Å²) in [5.41, 5.74) is 5.00. The standard InChI is InChI=1S/C22H16FNO/c1-14-21(16-5-3-2-4-6-16)22(25)19-13-17(9-12-20(19)24-14)15-7-10-18(23)11-8-15/h2-13H,1H3,(H,24,25). The van der Waals surface area contributed by atoms with E-state index in [1.165, 1.54) is 12.1 Å². The van der Waals surface area contributed by atoms with Gasteiger partial charge in [0.2, 0.25) is 0 Å². The van der Waals surface area contributed by atoms with Crippen molar-refractivity contribution in [2.75, 3.05) is 0 Å². The molecule has 122 valence electrons. The van der Waals surface area contributed by atoms with Crippen LogP contribution in [-0.4, -0.2) is 4.98 Å². The van der Waals surface area contributed by atoms with Crippen LogP contribution in [0.15, 0.2) is 77.6 Å². The van der Waals surface area contributed by atoms with Crippen LogP contribution in [0.5, 0.6) is 0 Å². The predicted octanol–water partition coefficient (Wildman–Crippen LogP) is 5.31. The number of hydrogen-bond donors (Lipinski definition) is 1. The van der Waals surface area contributed by atoms with Crippen molar-refractivity contribution >= 4 is 10.9 Å². The minimum absolute atomic E-state index is 0.00131. The van der Waals surface area contributed by atoms with E-state index in [1.54, 1.807) is 12.1 Å². The second kappa shape index (κ2) is 6.02. The lowest BCUT2D eigenvalue weighted by Gasteiger charge is -2.10. The average Bonchev–Trinajstić information content (AvgIpc) is 2.63. The van der Waals surface area contributed by atoms with Gasteiger partial charge in [0.15, 0.2) is 5.43 Å². The van der Waals surface area contributed by atoms with E-state index < -0.39 is 0 Å². The predicted molar refractivity (Wildman–Crippen MR) is 100 cm³/mol. The Kier molecular flexibility index (Phi) is 3.69. The van der Waals surface area contributed by atoms with Gasteiger partial charge in [-0.05, 0) is 47.9 Å². The molecular weight excluding hydrogens is 313 g/mol. The van der Waals surface area contributed by atoms with Gasteiger partial charge in [0.25, 0.3) is 0 Å². The first-order valence-corrected chi connectivity index (χ1v) is 8.11. The molecule has 1 N–H and O–H groups in total. The molecule has 0 saturated heterocycles. The van der Waals surface area contributed by atoms with Crippen LogP contribution in [0.4, 0.5) is 4.39 Å². The zero-order chi connectivity index (χ0) is 17.4. The quantitative estimate of drug-likeness (QED) is 0.531. The van der Waals surface area contributed by atoms with Crippen LogP contribution < -0.4 is 5.43 Å². The van der Waals surface area contributed by atoms with Crippen molar-refractivity contribution in [1.29, 1.82) is 0 Å². The number of halogens is 1. The molecule has 0 aliphatic rings. The number of aryl methyl sites for hydroxylation is 1. The van der Waals surface area contributed by atoms with Crippen molar-refractivity contribution in [3.05, 3.63) is 94.5 Å². The number of pyridine rings is 1. The van der Waals surface area contributed by atoms with E-state index >= 15 is 0 Å². The molecule has 3 aromatic carbocycles. The van der Waals surface area contributed by atoms with E-state index in [0.29, 0.717) is 10.9 Å². The Bertz CT molecular complexity index is 1110. The van der Waals surface area contributed by atoms with Gasteiger partial charge in [-0.2, -0.15) is 0 Å². The maximum atomic E-state index is 13.1. The highest BCUT2D eigenvalue weighted by molar-refractivity contribution is 5.88. The summed E-state index contributed by atoms with van der Waals surface area (Å²) in [5, 5.41) is 0.631. The lowest BCUT2D eigenvalue weighted by Crippen LogP contribution is -2.09. The normalized spacial score (nSPS) is 11.0. The molecule has 0 unspecified atom stereocenters. The Hall–Kier alpha value is -3.20. The third-order valence-electron chi connectivity index (χ3n) is 4.43. The van der Waals surface area contributed by atoms with Crippen LogP contribution in [0.1, 0.15) is 5.69 Å². The third-order valence-corrected chi connectivity index (χ3v) is 4.43. The third kappa shape index (κ3) is 2.74. The van der Waals surface area contributed by atoms with Gasteiger partial charge in [-0.1, -0.05) is 48.5 Å². The summed E-state index contributed by atoms with van der Waals surface area (Å²) in [4.78, 5) is 16.4. The van der Waals surface area contributed by atoms with Crippen molar-refractivity contribution in [3.8, 4) is 22.3 Å². The lowest BCUT2D eigenvalue weighted by atomic mass is 9.98. The van der Waals surface area contributed by atoms with Crippen LogP contribution in [-0.2, 0) is 0 Å². The summed E-state index contributed by atoms with van der Waals surface area (Å²) in [7, 11) is 0. The van der Waals surface area contributed by atoms with Crippen molar-refractivity contribution < 1.29 is 4.39 Å². The Labute approximate surface area is 144 Å². The Morgan fingerprint density at radius 1 is 0.800 bits per heavy atom. The topological polar surface area (TPSA) is 32.9 Å². The van der Waals surface area contributed by atoms with Gasteiger partial charge >= 0.3 is 0 Å². The number of rotatable bonds is 2. The molecule has 1 heterocycles. The van der Waals surface area contributed by atoms with E-state index in [9.17, 15) is 9.18 Å². The summed E-state index contributed by atoms with van der Waals surface area (Å²) in [6.45, 7) is 1.91. The van der Waals surface area contributed by atoms with Gasteiger partial charge in [-0.3, -0.25) is 4.79 Å². The molecule has 2 nitrogen and oxygen atoms in total. The molecule has 25 heavy (non-hydrogen) atoms. The van der Waals surface area contributed by atoms with Gasteiger partial charge in [0, 0.05) is 22.2 Å². The summed E-state index contributed by atoms with van der Waals surface area (Å²) in [6, 6.07) is 21.6. The lowest BCUT2D eigenvalue weighted by molar-refractivity contribution is 0.628. The van der Waals surface area contributed by atoms with Gasteiger partial charge in [-0.15, -0.1) is 0 Å². The van der Waals surface area contributed by atoms with Crippen LogP contribution in [0.25, 0.3) is 33.2 Å². The SMILES string of the molecule is Cc1[nH]c2ccc(-c3ccc(F)cc3)cc2c(=O)c1-c1ccccc1. The monoisotopic (exact) mass is 329 g/mol. The smallest absolute Gasteiger partial charge is 0.197 e. The Balaban J connectivity index is 1.95. The van der Waals surface area contributed by atoms with E-state index in [0.717, 1.165) is 27.9 Å². The maximum Gasteiger partial charge on any atom is 0.197 e. The van der Waals surface area contributed by atoms with Crippen molar-refractivity contribution in [1.82, 2.24) is 4.98 Å². The van der Waals surface area contributed by atoms with Gasteiger partial charge in [0.05, 0.1) is 0 Å². The zero-order valence-corrected chi connectivity index (χ0v) is 13.7. The second-order valence-electron chi connectivity index (χ2n) is 6.09. The van der Waals surface area contributed by atoms with Crippen LogP contribution in [0.2, 0.25) is 0 Å². The summed E-state index contributed by atoms with van der Waals surface area (Å²) in [5.74, 6) is -0.274. The number of aromatic amines is 1. The van der Waals surface area contributed by atoms with Gasteiger partial charge in [-0.25, -0.2) is 4.39 Å².